The van der Waals surface area contributed by atoms with Gasteiger partial charge in [-0.25, -0.2) is 13.2 Å². The van der Waals surface area contributed by atoms with Crippen molar-refractivity contribution in [3.05, 3.63) is 48.0 Å². The van der Waals surface area contributed by atoms with E-state index < -0.39 is 33.7 Å². The van der Waals surface area contributed by atoms with Crippen LogP contribution in [0.4, 0.5) is 17.1 Å². The van der Waals surface area contributed by atoms with Gasteiger partial charge in [0.2, 0.25) is 11.8 Å². The molecule has 3 rings (SSSR count). The lowest BCUT2D eigenvalue weighted by Gasteiger charge is -2.12. The van der Waals surface area contributed by atoms with E-state index in [4.69, 9.17) is 4.74 Å². The molecule has 29 heavy (non-hydrogen) atoms. The Morgan fingerprint density at radius 1 is 1.07 bits per heavy atom. The van der Waals surface area contributed by atoms with E-state index >= 15 is 0 Å². The van der Waals surface area contributed by atoms with Gasteiger partial charge in [0.25, 0.3) is 10.0 Å². The normalized spacial score (nSPS) is 16.1. The maximum Gasteiger partial charge on any atom is 0.338 e. The summed E-state index contributed by atoms with van der Waals surface area (Å²) in [5, 5.41) is 5.12. The number of hydrogen-bond donors (Lipinski definition) is 3. The number of nitrogens with one attached hydrogen (secondary N) is 3. The van der Waals surface area contributed by atoms with Gasteiger partial charge in [-0.1, -0.05) is 6.07 Å². The quantitative estimate of drug-likeness (QED) is 0.505. The van der Waals surface area contributed by atoms with Crippen LogP contribution in [0.15, 0.2) is 47.4 Å². The molecule has 2 aromatic rings. The summed E-state index contributed by atoms with van der Waals surface area (Å²) in [6.07, 6.45) is 0. The van der Waals surface area contributed by atoms with Gasteiger partial charge >= 0.3 is 5.97 Å². The van der Waals surface area contributed by atoms with Crippen LogP contribution in [0.5, 0.6) is 0 Å². The number of benzene rings is 2. The number of carbonyl (C=O) groups is 3. The second-order valence-electron chi connectivity index (χ2n) is 6.31. The zero-order chi connectivity index (χ0) is 21.2. The van der Waals surface area contributed by atoms with Crippen LogP contribution in [-0.4, -0.2) is 32.8 Å². The van der Waals surface area contributed by atoms with Crippen molar-refractivity contribution in [3.63, 3.8) is 0 Å². The van der Waals surface area contributed by atoms with Crippen LogP contribution in [0.1, 0.15) is 24.2 Å². The minimum atomic E-state index is -4.02. The third-order valence-electron chi connectivity index (χ3n) is 4.23. The predicted molar refractivity (Wildman–Crippen MR) is 106 cm³/mol. The topological polar surface area (TPSA) is 131 Å². The minimum Gasteiger partial charge on any atom is -0.462 e. The highest BCUT2D eigenvalue weighted by Gasteiger charge is 2.28. The van der Waals surface area contributed by atoms with Gasteiger partial charge in [-0.3, -0.25) is 14.3 Å². The van der Waals surface area contributed by atoms with Crippen molar-refractivity contribution in [3.8, 4) is 0 Å². The standard InChI is InChI=1S/C19H19N3O6S/c1-3-28-19(25)12-5-4-6-13(9-12)22-29(26,27)14-7-8-15-16(10-14)21-18(24)11(2)17(23)20-15/h4-11,22H,3H2,1-2H3,(H,20,23)(H,21,24). The van der Waals surface area contributed by atoms with E-state index in [-0.39, 0.29) is 28.4 Å². The van der Waals surface area contributed by atoms with E-state index in [9.17, 15) is 22.8 Å². The average Bonchev–Trinajstić information content (AvgIpc) is 2.78. The maximum atomic E-state index is 12.8. The molecule has 1 unspecified atom stereocenters. The third kappa shape index (κ3) is 4.37. The lowest BCUT2D eigenvalue weighted by Crippen LogP contribution is -2.28. The summed E-state index contributed by atoms with van der Waals surface area (Å²) in [7, 11) is -4.02. The van der Waals surface area contributed by atoms with Crippen molar-refractivity contribution in [1.29, 1.82) is 0 Å². The summed E-state index contributed by atoms with van der Waals surface area (Å²) in [4.78, 5) is 35.6. The molecule has 0 spiro atoms. The van der Waals surface area contributed by atoms with Crippen molar-refractivity contribution < 1.29 is 27.5 Å². The van der Waals surface area contributed by atoms with Gasteiger partial charge in [0.15, 0.2) is 0 Å². The number of ether oxygens (including phenoxy) is 1. The Hall–Kier alpha value is -3.40. The Morgan fingerprint density at radius 2 is 1.76 bits per heavy atom. The van der Waals surface area contributed by atoms with Crippen LogP contribution in [-0.2, 0) is 24.3 Å². The second kappa shape index (κ2) is 7.92. The van der Waals surface area contributed by atoms with Gasteiger partial charge in [0.05, 0.1) is 28.4 Å². The van der Waals surface area contributed by atoms with Crippen LogP contribution >= 0.6 is 0 Å². The Bertz CT molecular complexity index is 1100. The molecule has 0 aliphatic carbocycles. The van der Waals surface area contributed by atoms with E-state index in [1.807, 2.05) is 0 Å². The number of fused-ring (bicyclic) bond motifs is 1. The van der Waals surface area contributed by atoms with Crippen LogP contribution in [0.3, 0.4) is 0 Å². The van der Waals surface area contributed by atoms with Gasteiger partial charge in [-0.15, -0.1) is 0 Å². The summed E-state index contributed by atoms with van der Waals surface area (Å²) >= 11 is 0. The first-order chi connectivity index (χ1) is 13.7. The van der Waals surface area contributed by atoms with Gasteiger partial charge in [-0.2, -0.15) is 0 Å². The van der Waals surface area contributed by atoms with E-state index in [0.717, 1.165) is 0 Å². The Kier molecular flexibility index (Phi) is 5.55. The number of esters is 1. The van der Waals surface area contributed by atoms with Crippen LogP contribution in [0, 0.1) is 5.92 Å². The minimum absolute atomic E-state index is 0.123. The summed E-state index contributed by atoms with van der Waals surface area (Å²) in [5.74, 6) is -2.49. The average molecular weight is 417 g/mol. The van der Waals surface area contributed by atoms with Crippen molar-refractivity contribution in [2.75, 3.05) is 22.0 Å². The highest BCUT2D eigenvalue weighted by atomic mass is 32.2. The smallest absolute Gasteiger partial charge is 0.338 e. The van der Waals surface area contributed by atoms with Crippen molar-refractivity contribution in [1.82, 2.24) is 0 Å². The molecule has 1 aliphatic rings. The van der Waals surface area contributed by atoms with Crippen LogP contribution in [0.25, 0.3) is 0 Å². The first kappa shape index (κ1) is 20.3. The molecule has 0 saturated heterocycles. The summed E-state index contributed by atoms with van der Waals surface area (Å²) < 4.78 is 32.8. The molecule has 2 aromatic carbocycles. The zero-order valence-electron chi connectivity index (χ0n) is 15.7. The molecular weight excluding hydrogens is 398 g/mol. The zero-order valence-corrected chi connectivity index (χ0v) is 16.5. The van der Waals surface area contributed by atoms with Gasteiger partial charge in [0.1, 0.15) is 5.92 Å². The van der Waals surface area contributed by atoms with Crippen LogP contribution < -0.4 is 15.4 Å². The second-order valence-corrected chi connectivity index (χ2v) is 8.00. The highest BCUT2D eigenvalue weighted by molar-refractivity contribution is 7.92. The monoisotopic (exact) mass is 417 g/mol. The van der Waals surface area contributed by atoms with Gasteiger partial charge < -0.3 is 15.4 Å². The first-order valence-electron chi connectivity index (χ1n) is 8.77. The summed E-state index contributed by atoms with van der Waals surface area (Å²) in [5.41, 5.74) is 0.862. The highest BCUT2D eigenvalue weighted by Crippen LogP contribution is 2.29. The molecule has 1 heterocycles. The van der Waals surface area contributed by atoms with Crippen molar-refractivity contribution >= 4 is 44.9 Å². The number of amides is 2. The molecule has 2 amide bonds. The Balaban J connectivity index is 1.89. The van der Waals surface area contributed by atoms with E-state index in [1.54, 1.807) is 6.92 Å². The SMILES string of the molecule is CCOC(=O)c1cccc(NS(=O)(=O)c2ccc3c(c2)NC(=O)C(C)C(=O)N3)c1. The lowest BCUT2D eigenvalue weighted by molar-refractivity contribution is -0.128. The van der Waals surface area contributed by atoms with Crippen LogP contribution in [0.2, 0.25) is 0 Å². The molecule has 0 bridgehead atoms. The molecule has 3 N–H and O–H groups in total. The van der Waals surface area contributed by atoms with Gasteiger partial charge in [-0.05, 0) is 50.2 Å². The Morgan fingerprint density at radius 3 is 2.45 bits per heavy atom. The largest absolute Gasteiger partial charge is 0.462 e. The molecule has 1 atom stereocenters. The molecule has 9 nitrogen and oxygen atoms in total. The fourth-order valence-corrected chi connectivity index (χ4v) is 3.72. The molecule has 1 aliphatic heterocycles. The van der Waals surface area contributed by atoms with Crippen molar-refractivity contribution in [2.45, 2.75) is 18.7 Å². The summed E-state index contributed by atoms with van der Waals surface area (Å²) in [6, 6.07) is 9.85. The number of sulfonamides is 1. The number of hydrogen-bond acceptors (Lipinski definition) is 6. The van der Waals surface area contributed by atoms with Gasteiger partial charge in [0, 0.05) is 5.69 Å². The summed E-state index contributed by atoms with van der Waals surface area (Å²) in [6.45, 7) is 3.32. The molecule has 0 fully saturated rings. The van der Waals surface area contributed by atoms with E-state index in [0.29, 0.717) is 5.69 Å². The Labute approximate surface area is 167 Å². The van der Waals surface area contributed by atoms with E-state index in [1.165, 1.54) is 49.4 Å². The molecular formula is C19H19N3O6S. The molecule has 10 heteroatoms. The third-order valence-corrected chi connectivity index (χ3v) is 5.61. The number of anilines is 3. The molecule has 0 aromatic heterocycles. The number of carbonyl (C=O) groups excluding carboxylic acids is 3. The fourth-order valence-electron chi connectivity index (χ4n) is 2.64. The predicted octanol–water partition coefficient (Wildman–Crippen LogP) is 2.19. The lowest BCUT2D eigenvalue weighted by atomic mass is 10.1. The maximum absolute atomic E-state index is 12.8. The van der Waals surface area contributed by atoms with E-state index in [2.05, 4.69) is 15.4 Å². The molecule has 0 radical (unpaired) electrons. The fraction of sp³-hybridized carbons (Fsp3) is 0.211. The van der Waals surface area contributed by atoms with Crippen molar-refractivity contribution in [2.24, 2.45) is 5.92 Å². The number of rotatable bonds is 5. The first-order valence-corrected chi connectivity index (χ1v) is 10.3. The molecule has 0 saturated carbocycles. The molecule has 152 valence electrons.